The maximum Gasteiger partial charge on any atom is 0.263 e. The van der Waals surface area contributed by atoms with Crippen molar-refractivity contribution >= 4 is 50.9 Å². The van der Waals surface area contributed by atoms with E-state index in [1.807, 2.05) is 24.3 Å². The van der Waals surface area contributed by atoms with Crippen molar-refractivity contribution in [1.29, 1.82) is 0 Å². The number of anilines is 1. The van der Waals surface area contributed by atoms with Crippen LogP contribution in [0.25, 0.3) is 33.1 Å². The predicted molar refractivity (Wildman–Crippen MR) is 183 cm³/mol. The van der Waals surface area contributed by atoms with Crippen LogP contribution in [-0.2, 0) is 22.7 Å². The summed E-state index contributed by atoms with van der Waals surface area (Å²) in [6.07, 6.45) is 3.18. The first-order chi connectivity index (χ1) is 23.2. The normalized spacial score (nSPS) is 10.9. The summed E-state index contributed by atoms with van der Waals surface area (Å²) >= 11 is 6.54. The Hall–Kier alpha value is -6.19. The summed E-state index contributed by atoms with van der Waals surface area (Å²) in [5, 5.41) is 21.5. The van der Waals surface area contributed by atoms with Gasteiger partial charge >= 0.3 is 0 Å². The van der Waals surface area contributed by atoms with Crippen molar-refractivity contribution in [2.24, 2.45) is 0 Å². The zero-order valence-electron chi connectivity index (χ0n) is 25.7. The molecule has 5 N–H and O–H groups in total. The van der Waals surface area contributed by atoms with Crippen molar-refractivity contribution in [3.63, 3.8) is 0 Å². The number of fused-ring (bicyclic) bond motifs is 2. The lowest BCUT2D eigenvalue weighted by Crippen LogP contribution is -2.35. The Balaban J connectivity index is 1.45. The molecule has 3 aromatic heterocycles. The molecule has 0 aliphatic heterocycles. The molecule has 6 rings (SSSR count). The molecule has 0 radical (unpaired) electrons. The van der Waals surface area contributed by atoms with E-state index in [4.69, 9.17) is 27.4 Å². The fourth-order valence-electron chi connectivity index (χ4n) is 5.30. The van der Waals surface area contributed by atoms with Crippen LogP contribution in [0.1, 0.15) is 23.9 Å². The molecule has 2 amide bonds. The minimum Gasteiger partial charge on any atom is -0.508 e. The maximum atomic E-state index is 14.4. The zero-order chi connectivity index (χ0) is 33.8. The lowest BCUT2D eigenvalue weighted by molar-refractivity contribution is -0.124. The minimum absolute atomic E-state index is 0.0131. The topological polar surface area (TPSA) is 170 Å². The van der Waals surface area contributed by atoms with Crippen molar-refractivity contribution in [3.05, 3.63) is 111 Å². The van der Waals surface area contributed by atoms with Gasteiger partial charge in [-0.15, -0.1) is 0 Å². The molecule has 0 aliphatic carbocycles. The van der Waals surface area contributed by atoms with Crippen molar-refractivity contribution in [2.45, 2.75) is 20.0 Å². The molecule has 0 fully saturated rings. The Morgan fingerprint density at radius 3 is 2.60 bits per heavy atom. The number of aromatic nitrogens is 5. The molecule has 0 unspecified atom stereocenters. The van der Waals surface area contributed by atoms with Gasteiger partial charge in [-0.05, 0) is 35.9 Å². The van der Waals surface area contributed by atoms with Crippen LogP contribution in [0.3, 0.4) is 0 Å². The molecule has 48 heavy (non-hydrogen) atoms. The van der Waals surface area contributed by atoms with Gasteiger partial charge in [-0.3, -0.25) is 28.6 Å². The molecular formula is C35H29ClN8O4. The average Bonchev–Trinajstić information content (AvgIpc) is 3.44. The molecule has 0 bridgehead atoms. The first-order valence-electron chi connectivity index (χ1n) is 14.8. The number of aromatic hydroxyl groups is 1. The minimum atomic E-state index is -0.388. The predicted octanol–water partition coefficient (Wildman–Crippen LogP) is 3.45. The summed E-state index contributed by atoms with van der Waals surface area (Å²) in [7, 11) is 0. The van der Waals surface area contributed by atoms with Gasteiger partial charge in [0.05, 0.1) is 66.1 Å². The highest BCUT2D eigenvalue weighted by Crippen LogP contribution is 2.33. The molecule has 13 heteroatoms. The van der Waals surface area contributed by atoms with Crippen LogP contribution in [0.4, 0.5) is 5.69 Å². The van der Waals surface area contributed by atoms with Gasteiger partial charge in [0.2, 0.25) is 11.8 Å². The van der Waals surface area contributed by atoms with Crippen LogP contribution in [0.2, 0.25) is 5.02 Å². The van der Waals surface area contributed by atoms with Gasteiger partial charge in [-0.2, -0.15) is 5.10 Å². The molecule has 0 saturated heterocycles. The number of carbonyl (C=O) groups is 2. The van der Waals surface area contributed by atoms with Gasteiger partial charge < -0.3 is 21.5 Å². The van der Waals surface area contributed by atoms with Crippen molar-refractivity contribution in [1.82, 2.24) is 34.9 Å². The number of nitrogens with zero attached hydrogens (tertiary/aromatic N) is 5. The number of amides is 2. The largest absolute Gasteiger partial charge is 0.508 e. The Bertz CT molecular complexity index is 2340. The molecular weight excluding hydrogens is 632 g/mol. The highest BCUT2D eigenvalue weighted by Gasteiger charge is 2.20. The second-order valence-corrected chi connectivity index (χ2v) is 11.3. The molecule has 0 atom stereocenters. The average molecular weight is 661 g/mol. The van der Waals surface area contributed by atoms with Crippen LogP contribution in [0.5, 0.6) is 5.75 Å². The standard InChI is InChI=1S/C35H29ClN8O4/c1-21(45)40-18-31(47)39-14-6-10-22-8-5-13-28-32(22)35(48)43(19-24-7-2-3-12-26(24)36)30(41-28)20-44-29-17-38-16-27(37)33(29)34(42-44)23-9-4-11-25(46)15-23/h2-5,7-9,11-13,15-17,46H,14,18-20,37H2,1H3,(H,39,47)(H,40,45). The van der Waals surface area contributed by atoms with E-state index in [0.717, 1.165) is 0 Å². The van der Waals surface area contributed by atoms with Crippen LogP contribution < -0.4 is 21.9 Å². The van der Waals surface area contributed by atoms with E-state index in [-0.39, 0.29) is 49.3 Å². The van der Waals surface area contributed by atoms with E-state index in [1.165, 1.54) is 6.92 Å². The molecule has 3 heterocycles. The van der Waals surface area contributed by atoms with Crippen molar-refractivity contribution in [2.75, 3.05) is 18.8 Å². The maximum absolute atomic E-state index is 14.4. The molecule has 6 aromatic rings. The number of nitrogens with two attached hydrogens (primary N) is 1. The number of rotatable bonds is 8. The van der Waals surface area contributed by atoms with Crippen molar-refractivity contribution in [3.8, 4) is 28.8 Å². The van der Waals surface area contributed by atoms with Crippen molar-refractivity contribution < 1.29 is 14.7 Å². The number of pyridine rings is 1. The molecule has 0 spiro atoms. The Morgan fingerprint density at radius 2 is 1.81 bits per heavy atom. The molecule has 0 aliphatic rings. The summed E-state index contributed by atoms with van der Waals surface area (Å²) in [4.78, 5) is 46.6. The van der Waals surface area contributed by atoms with Gasteiger partial charge in [-0.25, -0.2) is 4.98 Å². The molecule has 0 saturated carbocycles. The zero-order valence-corrected chi connectivity index (χ0v) is 26.5. The monoisotopic (exact) mass is 660 g/mol. The summed E-state index contributed by atoms with van der Waals surface area (Å²) in [6, 6.07) is 19.2. The SMILES string of the molecule is CC(=O)NCC(=O)NCC#Cc1cccc2nc(Cn3nc(-c4cccc(O)c4)c4c(N)cncc43)n(Cc3ccccc3Cl)c(=O)c12. The highest BCUT2D eigenvalue weighted by atomic mass is 35.5. The smallest absolute Gasteiger partial charge is 0.263 e. The van der Waals surface area contributed by atoms with Crippen LogP contribution >= 0.6 is 11.6 Å². The number of nitrogens with one attached hydrogen (secondary N) is 2. The first-order valence-corrected chi connectivity index (χ1v) is 15.2. The van der Waals surface area contributed by atoms with E-state index >= 15 is 0 Å². The molecule has 3 aromatic carbocycles. The number of halogens is 1. The lowest BCUT2D eigenvalue weighted by Gasteiger charge is -2.15. The fourth-order valence-corrected chi connectivity index (χ4v) is 5.49. The third-order valence-electron chi connectivity index (χ3n) is 7.55. The Labute approximate surface area is 279 Å². The molecule has 12 nitrogen and oxygen atoms in total. The number of nitrogen functional groups attached to an aromatic ring is 1. The van der Waals surface area contributed by atoms with Crippen LogP contribution in [0, 0.1) is 11.8 Å². The van der Waals surface area contributed by atoms with E-state index in [9.17, 15) is 19.5 Å². The Morgan fingerprint density at radius 1 is 1.00 bits per heavy atom. The number of hydrogen-bond donors (Lipinski definition) is 4. The fraction of sp³-hybridized carbons (Fsp3) is 0.143. The second-order valence-electron chi connectivity index (χ2n) is 10.9. The quantitative estimate of drug-likeness (QED) is 0.180. The van der Waals surface area contributed by atoms with E-state index in [1.54, 1.807) is 64.1 Å². The van der Waals surface area contributed by atoms with E-state index < -0.39 is 0 Å². The van der Waals surface area contributed by atoms with Gasteiger partial charge in [0.25, 0.3) is 5.56 Å². The summed E-state index contributed by atoms with van der Waals surface area (Å²) in [5.74, 6) is 5.64. The first kappa shape index (κ1) is 31.8. The third kappa shape index (κ3) is 6.67. The molecule has 240 valence electrons. The lowest BCUT2D eigenvalue weighted by atomic mass is 10.1. The second kappa shape index (κ2) is 13.7. The summed E-state index contributed by atoms with van der Waals surface area (Å²) in [5.41, 5.74) is 9.85. The summed E-state index contributed by atoms with van der Waals surface area (Å²) < 4.78 is 3.23. The number of carbonyl (C=O) groups excluding carboxylic acids is 2. The van der Waals surface area contributed by atoms with E-state index in [0.29, 0.717) is 60.7 Å². The third-order valence-corrected chi connectivity index (χ3v) is 7.91. The van der Waals surface area contributed by atoms with Gasteiger partial charge in [0.15, 0.2) is 0 Å². The number of benzene rings is 3. The number of phenolic OH excluding ortho intramolecular Hbond substituents is 1. The number of phenols is 1. The van der Waals surface area contributed by atoms with Gasteiger partial charge in [-0.1, -0.05) is 59.8 Å². The van der Waals surface area contributed by atoms with Gasteiger partial charge in [0.1, 0.15) is 17.3 Å². The van der Waals surface area contributed by atoms with Crippen LogP contribution in [-0.4, -0.2) is 54.3 Å². The highest BCUT2D eigenvalue weighted by molar-refractivity contribution is 6.31. The van der Waals surface area contributed by atoms with Crippen LogP contribution in [0.15, 0.2) is 83.9 Å². The summed E-state index contributed by atoms with van der Waals surface area (Å²) in [6.45, 7) is 1.38. The number of hydrogen-bond acceptors (Lipinski definition) is 8. The Kier molecular flexibility index (Phi) is 9.04. The van der Waals surface area contributed by atoms with E-state index in [2.05, 4.69) is 27.5 Å². The van der Waals surface area contributed by atoms with Gasteiger partial charge in [0, 0.05) is 23.1 Å².